The van der Waals surface area contributed by atoms with Crippen LogP contribution in [0.1, 0.15) is 21.5 Å². The van der Waals surface area contributed by atoms with Crippen molar-refractivity contribution >= 4 is 17.4 Å². The van der Waals surface area contributed by atoms with Gasteiger partial charge >= 0.3 is 6.18 Å². The lowest BCUT2D eigenvalue weighted by molar-refractivity contribution is -0.137. The Hall–Kier alpha value is -3.46. The van der Waals surface area contributed by atoms with Gasteiger partial charge in [0, 0.05) is 57.0 Å². The Morgan fingerprint density at radius 1 is 1.00 bits per heavy atom. The number of alkyl halides is 3. The monoisotopic (exact) mass is 441 g/mol. The largest absolute Gasteiger partial charge is 0.416 e. The van der Waals surface area contributed by atoms with Crippen LogP contribution in [0.5, 0.6) is 0 Å². The summed E-state index contributed by atoms with van der Waals surface area (Å²) in [5, 5.41) is 2.87. The number of rotatable bonds is 5. The molecule has 1 aliphatic heterocycles. The predicted octanol–water partition coefficient (Wildman–Crippen LogP) is 4.20. The number of hydrogen-bond donors (Lipinski definition) is 1. The van der Waals surface area contributed by atoms with E-state index in [-0.39, 0.29) is 17.4 Å². The van der Waals surface area contributed by atoms with Gasteiger partial charge in [0.2, 0.25) is 0 Å². The molecule has 1 fully saturated rings. The molecule has 166 valence electrons. The van der Waals surface area contributed by atoms with Gasteiger partial charge in [-0.25, -0.2) is 4.98 Å². The van der Waals surface area contributed by atoms with Gasteiger partial charge in [0.15, 0.2) is 0 Å². The first kappa shape index (κ1) is 21.8. The molecule has 1 saturated heterocycles. The number of carbonyl (C=O) groups excluding carboxylic acids is 1. The predicted molar refractivity (Wildman–Crippen MR) is 114 cm³/mol. The average molecular weight is 441 g/mol. The highest BCUT2D eigenvalue weighted by Gasteiger charge is 2.30. The van der Waals surface area contributed by atoms with Crippen LogP contribution in [-0.2, 0) is 12.7 Å². The molecular formula is C23H22F3N5O. The van der Waals surface area contributed by atoms with Gasteiger partial charge in [0.05, 0.1) is 11.1 Å². The van der Waals surface area contributed by atoms with Crippen molar-refractivity contribution in [3.63, 3.8) is 0 Å². The van der Waals surface area contributed by atoms with E-state index in [0.29, 0.717) is 18.7 Å². The fraction of sp³-hybridized carbons (Fsp3) is 0.261. The van der Waals surface area contributed by atoms with E-state index in [9.17, 15) is 18.0 Å². The lowest BCUT2D eigenvalue weighted by Gasteiger charge is -2.35. The normalized spacial score (nSPS) is 14.9. The molecule has 2 aromatic heterocycles. The van der Waals surface area contributed by atoms with E-state index in [4.69, 9.17) is 0 Å². The van der Waals surface area contributed by atoms with E-state index in [1.165, 1.54) is 18.3 Å². The number of aromatic nitrogens is 2. The highest BCUT2D eigenvalue weighted by atomic mass is 19.4. The van der Waals surface area contributed by atoms with E-state index in [1.807, 2.05) is 18.3 Å². The number of halogens is 3. The molecule has 0 spiro atoms. The second-order valence-corrected chi connectivity index (χ2v) is 7.53. The number of amides is 1. The van der Waals surface area contributed by atoms with Gasteiger partial charge in [-0.2, -0.15) is 13.2 Å². The third-order valence-electron chi connectivity index (χ3n) is 5.28. The molecule has 0 saturated carbocycles. The maximum Gasteiger partial charge on any atom is 0.416 e. The Labute approximate surface area is 183 Å². The first-order chi connectivity index (χ1) is 15.4. The molecule has 3 aromatic rings. The SMILES string of the molecule is O=C(c1cccnc1Nc1cccc(C(F)(F)F)c1)N1CCN(Cc2cccnc2)CC1. The summed E-state index contributed by atoms with van der Waals surface area (Å²) < 4.78 is 39.0. The Morgan fingerprint density at radius 2 is 1.78 bits per heavy atom. The molecule has 32 heavy (non-hydrogen) atoms. The fourth-order valence-electron chi connectivity index (χ4n) is 3.62. The summed E-state index contributed by atoms with van der Waals surface area (Å²) in [5.41, 5.74) is 0.891. The summed E-state index contributed by atoms with van der Waals surface area (Å²) in [6, 6.07) is 12.0. The molecule has 1 aromatic carbocycles. The van der Waals surface area contributed by atoms with E-state index in [2.05, 4.69) is 20.2 Å². The smallest absolute Gasteiger partial charge is 0.340 e. The number of carbonyl (C=O) groups is 1. The van der Waals surface area contributed by atoms with Crippen molar-refractivity contribution in [1.29, 1.82) is 0 Å². The van der Waals surface area contributed by atoms with Gasteiger partial charge in [-0.3, -0.25) is 14.7 Å². The van der Waals surface area contributed by atoms with Gasteiger partial charge in [-0.05, 0) is 42.0 Å². The molecule has 0 atom stereocenters. The van der Waals surface area contributed by atoms with Crippen LogP contribution < -0.4 is 5.32 Å². The maximum absolute atomic E-state index is 13.1. The number of hydrogen-bond acceptors (Lipinski definition) is 5. The second kappa shape index (κ2) is 9.35. The first-order valence-corrected chi connectivity index (χ1v) is 10.2. The van der Waals surface area contributed by atoms with E-state index < -0.39 is 11.7 Å². The number of benzene rings is 1. The summed E-state index contributed by atoms with van der Waals surface area (Å²) in [6.45, 7) is 3.31. The van der Waals surface area contributed by atoms with E-state index in [0.717, 1.165) is 37.3 Å². The van der Waals surface area contributed by atoms with Crippen molar-refractivity contribution in [2.24, 2.45) is 0 Å². The van der Waals surface area contributed by atoms with Crippen LogP contribution in [0.15, 0.2) is 67.1 Å². The first-order valence-electron chi connectivity index (χ1n) is 10.2. The van der Waals surface area contributed by atoms with Crippen molar-refractivity contribution in [3.05, 3.63) is 83.8 Å². The fourth-order valence-corrected chi connectivity index (χ4v) is 3.62. The van der Waals surface area contributed by atoms with Gasteiger partial charge in [0.25, 0.3) is 5.91 Å². The summed E-state index contributed by atoms with van der Waals surface area (Å²) in [6.07, 6.45) is 0.617. The van der Waals surface area contributed by atoms with Crippen LogP contribution in [0, 0.1) is 0 Å². The molecule has 0 bridgehead atoms. The van der Waals surface area contributed by atoms with Crippen molar-refractivity contribution in [2.75, 3.05) is 31.5 Å². The minimum Gasteiger partial charge on any atom is -0.340 e. The topological polar surface area (TPSA) is 61.4 Å². The Balaban J connectivity index is 1.43. The van der Waals surface area contributed by atoms with Crippen LogP contribution in [0.3, 0.4) is 0 Å². The summed E-state index contributed by atoms with van der Waals surface area (Å²) in [5.74, 6) is 0.0308. The third-order valence-corrected chi connectivity index (χ3v) is 5.28. The quantitative estimate of drug-likeness (QED) is 0.643. The summed E-state index contributed by atoms with van der Waals surface area (Å²) in [4.78, 5) is 25.5. The summed E-state index contributed by atoms with van der Waals surface area (Å²) in [7, 11) is 0. The molecular weight excluding hydrogens is 419 g/mol. The molecule has 3 heterocycles. The van der Waals surface area contributed by atoms with Gasteiger partial charge in [-0.15, -0.1) is 0 Å². The second-order valence-electron chi connectivity index (χ2n) is 7.53. The zero-order chi connectivity index (χ0) is 22.6. The molecule has 4 rings (SSSR count). The zero-order valence-corrected chi connectivity index (χ0v) is 17.2. The Kier molecular flexibility index (Phi) is 6.36. The average Bonchev–Trinajstić information content (AvgIpc) is 2.80. The lowest BCUT2D eigenvalue weighted by Crippen LogP contribution is -2.48. The highest BCUT2D eigenvalue weighted by molar-refractivity contribution is 5.99. The Bertz CT molecular complexity index is 1070. The van der Waals surface area contributed by atoms with Gasteiger partial charge in [0.1, 0.15) is 5.82 Å². The number of pyridine rings is 2. The van der Waals surface area contributed by atoms with Crippen LogP contribution in [-0.4, -0.2) is 51.9 Å². The lowest BCUT2D eigenvalue weighted by atomic mass is 10.1. The van der Waals surface area contributed by atoms with Crippen LogP contribution in [0.2, 0.25) is 0 Å². The van der Waals surface area contributed by atoms with Crippen LogP contribution >= 0.6 is 0 Å². The minimum atomic E-state index is -4.45. The van der Waals surface area contributed by atoms with Crippen molar-refractivity contribution in [1.82, 2.24) is 19.8 Å². The van der Waals surface area contributed by atoms with Gasteiger partial charge < -0.3 is 10.2 Å². The number of piperazine rings is 1. The van der Waals surface area contributed by atoms with E-state index >= 15 is 0 Å². The number of anilines is 2. The molecule has 1 N–H and O–H groups in total. The molecule has 0 unspecified atom stereocenters. The van der Waals surface area contributed by atoms with Crippen molar-refractivity contribution in [2.45, 2.75) is 12.7 Å². The van der Waals surface area contributed by atoms with E-state index in [1.54, 1.807) is 23.2 Å². The number of nitrogens with zero attached hydrogens (tertiary/aromatic N) is 4. The minimum absolute atomic E-state index is 0.200. The highest BCUT2D eigenvalue weighted by Crippen LogP contribution is 2.31. The molecule has 0 radical (unpaired) electrons. The Morgan fingerprint density at radius 3 is 2.50 bits per heavy atom. The maximum atomic E-state index is 13.1. The van der Waals surface area contributed by atoms with Crippen molar-refractivity contribution in [3.8, 4) is 0 Å². The van der Waals surface area contributed by atoms with Crippen LogP contribution in [0.4, 0.5) is 24.7 Å². The molecule has 9 heteroatoms. The molecule has 6 nitrogen and oxygen atoms in total. The third kappa shape index (κ3) is 5.23. The van der Waals surface area contributed by atoms with Crippen LogP contribution in [0.25, 0.3) is 0 Å². The standard InChI is InChI=1S/C23H22F3N5O/c24-23(25,26)18-5-1-6-19(14-18)29-21-20(7-3-9-28-21)22(32)31-12-10-30(11-13-31)16-17-4-2-8-27-15-17/h1-9,14-15H,10-13,16H2,(H,28,29). The summed E-state index contributed by atoms with van der Waals surface area (Å²) >= 11 is 0. The van der Waals surface area contributed by atoms with Crippen molar-refractivity contribution < 1.29 is 18.0 Å². The number of nitrogens with one attached hydrogen (secondary N) is 1. The zero-order valence-electron chi connectivity index (χ0n) is 17.2. The van der Waals surface area contributed by atoms with Gasteiger partial charge in [-0.1, -0.05) is 12.1 Å². The molecule has 1 amide bonds. The molecule has 0 aliphatic carbocycles. The molecule has 1 aliphatic rings.